The van der Waals surface area contributed by atoms with Crippen molar-refractivity contribution >= 4 is 16.6 Å². The number of benzene rings is 1. The van der Waals surface area contributed by atoms with Crippen molar-refractivity contribution in [3.8, 4) is 0 Å². The Balaban J connectivity index is 2.52. The van der Waals surface area contributed by atoms with Crippen molar-refractivity contribution in [2.45, 2.75) is 20.3 Å². The van der Waals surface area contributed by atoms with Crippen LogP contribution in [0.25, 0.3) is 16.6 Å². The summed E-state index contributed by atoms with van der Waals surface area (Å²) in [6.07, 6.45) is 3.31. The summed E-state index contributed by atoms with van der Waals surface area (Å²) in [6, 6.07) is 10.9. The lowest BCUT2D eigenvalue weighted by molar-refractivity contribution is -0.480. The molecule has 2 heteroatoms. The molecule has 0 aliphatic rings. The van der Waals surface area contributed by atoms with Crippen LogP contribution in [0.3, 0.4) is 0 Å². The van der Waals surface area contributed by atoms with Gasteiger partial charge in [0.1, 0.15) is 17.4 Å². The van der Waals surface area contributed by atoms with Gasteiger partial charge >= 0.3 is 0 Å². The van der Waals surface area contributed by atoms with Crippen LogP contribution in [0.15, 0.2) is 36.5 Å². The Morgan fingerprint density at radius 1 is 1.18 bits per heavy atom. The van der Waals surface area contributed by atoms with Gasteiger partial charge < -0.3 is 0 Å². The molecular weight excluding hydrogens is 208 g/mol. The van der Waals surface area contributed by atoms with Gasteiger partial charge in [-0.3, -0.25) is 0 Å². The first kappa shape index (κ1) is 10.3. The molecular formula is C15H17N2+. The Bertz CT molecular complexity index is 708. The summed E-state index contributed by atoms with van der Waals surface area (Å²) in [7, 11) is 2.13. The van der Waals surface area contributed by atoms with Gasteiger partial charge in [-0.2, -0.15) is 4.40 Å². The summed E-state index contributed by atoms with van der Waals surface area (Å²) in [6.45, 7) is 4.36. The monoisotopic (exact) mass is 225 g/mol. The number of hydrogen-bond donors (Lipinski definition) is 0. The number of imidazole rings is 1. The first-order valence-corrected chi connectivity index (χ1v) is 6.10. The van der Waals surface area contributed by atoms with Crippen molar-refractivity contribution in [1.82, 2.24) is 4.57 Å². The quantitative estimate of drug-likeness (QED) is 0.563. The fourth-order valence-electron chi connectivity index (χ4n) is 2.57. The average molecular weight is 225 g/mol. The number of pyridine rings is 1. The third kappa shape index (κ3) is 1.37. The Morgan fingerprint density at radius 2 is 2.00 bits per heavy atom. The molecule has 1 aromatic carbocycles. The second-order valence-corrected chi connectivity index (χ2v) is 4.60. The van der Waals surface area contributed by atoms with Crippen molar-refractivity contribution in [3.63, 3.8) is 0 Å². The van der Waals surface area contributed by atoms with Gasteiger partial charge in [0.2, 0.25) is 0 Å². The smallest absolute Gasteiger partial charge is 0.230 e. The SMILES string of the molecule is CCc1c[n+]2c3cccc(C)c3ccc2n1C. The van der Waals surface area contributed by atoms with E-state index < -0.39 is 0 Å². The number of aryl methyl sites for hydroxylation is 3. The maximum atomic E-state index is 2.29. The molecule has 0 aliphatic carbocycles. The molecule has 0 N–H and O–H groups in total. The van der Waals surface area contributed by atoms with Gasteiger partial charge in [-0.15, -0.1) is 0 Å². The Morgan fingerprint density at radius 3 is 2.76 bits per heavy atom. The Hall–Kier alpha value is -1.83. The van der Waals surface area contributed by atoms with Crippen LogP contribution in [0.4, 0.5) is 0 Å². The van der Waals surface area contributed by atoms with Crippen molar-refractivity contribution in [1.29, 1.82) is 0 Å². The highest BCUT2D eigenvalue weighted by Gasteiger charge is 2.15. The predicted molar refractivity (Wildman–Crippen MR) is 70.2 cm³/mol. The molecule has 0 saturated heterocycles. The largest absolute Gasteiger partial charge is 0.286 e. The zero-order valence-corrected chi connectivity index (χ0v) is 10.6. The molecule has 0 spiro atoms. The normalized spacial score (nSPS) is 11.5. The van der Waals surface area contributed by atoms with Crippen LogP contribution in [0, 0.1) is 6.92 Å². The third-order valence-corrected chi connectivity index (χ3v) is 3.62. The second kappa shape index (κ2) is 3.59. The molecule has 0 fully saturated rings. The van der Waals surface area contributed by atoms with E-state index in [-0.39, 0.29) is 0 Å². The fraction of sp³-hybridized carbons (Fsp3) is 0.267. The van der Waals surface area contributed by atoms with Crippen molar-refractivity contribution in [2.75, 3.05) is 0 Å². The van der Waals surface area contributed by atoms with Gasteiger partial charge in [0.15, 0.2) is 0 Å². The molecule has 0 amide bonds. The fourth-order valence-corrected chi connectivity index (χ4v) is 2.57. The molecule has 3 rings (SSSR count). The lowest BCUT2D eigenvalue weighted by Crippen LogP contribution is -2.20. The van der Waals surface area contributed by atoms with Crippen molar-refractivity contribution < 1.29 is 4.40 Å². The molecule has 17 heavy (non-hydrogen) atoms. The molecule has 0 atom stereocenters. The molecule has 86 valence electrons. The average Bonchev–Trinajstić information content (AvgIpc) is 2.67. The van der Waals surface area contributed by atoms with Crippen LogP contribution in [0.2, 0.25) is 0 Å². The molecule has 0 radical (unpaired) electrons. The highest BCUT2D eigenvalue weighted by Crippen LogP contribution is 2.17. The van der Waals surface area contributed by atoms with Crippen molar-refractivity contribution in [3.05, 3.63) is 47.8 Å². The number of aromatic nitrogens is 2. The third-order valence-electron chi connectivity index (χ3n) is 3.62. The van der Waals surface area contributed by atoms with E-state index in [0.717, 1.165) is 6.42 Å². The van der Waals surface area contributed by atoms with E-state index in [0.29, 0.717) is 0 Å². The lowest BCUT2D eigenvalue weighted by atomic mass is 10.1. The van der Waals surface area contributed by atoms with Gasteiger partial charge in [-0.25, -0.2) is 4.57 Å². The van der Waals surface area contributed by atoms with E-state index in [2.05, 4.69) is 66.4 Å². The minimum Gasteiger partial charge on any atom is -0.230 e. The number of rotatable bonds is 1. The summed E-state index contributed by atoms with van der Waals surface area (Å²) < 4.78 is 4.56. The van der Waals surface area contributed by atoms with E-state index >= 15 is 0 Å². The topological polar surface area (TPSA) is 9.03 Å². The van der Waals surface area contributed by atoms with Gasteiger partial charge in [-0.05, 0) is 24.6 Å². The second-order valence-electron chi connectivity index (χ2n) is 4.60. The summed E-state index contributed by atoms with van der Waals surface area (Å²) in [5.41, 5.74) is 5.23. The lowest BCUT2D eigenvalue weighted by Gasteiger charge is -1.99. The van der Waals surface area contributed by atoms with E-state index in [1.807, 2.05) is 0 Å². The van der Waals surface area contributed by atoms with Gasteiger partial charge in [0, 0.05) is 17.9 Å². The number of nitrogens with zero attached hydrogens (tertiary/aromatic N) is 2. The molecule has 0 saturated carbocycles. The van der Waals surface area contributed by atoms with Crippen LogP contribution in [0.1, 0.15) is 18.2 Å². The summed E-state index contributed by atoms with van der Waals surface area (Å²) in [5, 5.41) is 1.33. The van der Waals surface area contributed by atoms with Crippen LogP contribution in [0.5, 0.6) is 0 Å². The Kier molecular flexibility index (Phi) is 2.18. The number of fused-ring (bicyclic) bond motifs is 3. The van der Waals surface area contributed by atoms with E-state index in [9.17, 15) is 0 Å². The molecule has 2 heterocycles. The standard InChI is InChI=1S/C15H17N2/c1-4-12-10-17-14-7-5-6-11(2)13(14)8-9-15(17)16(12)3/h5-10H,4H2,1-3H3/q+1. The van der Waals surface area contributed by atoms with Gasteiger partial charge in [-0.1, -0.05) is 19.1 Å². The van der Waals surface area contributed by atoms with E-state index in [1.165, 1.54) is 27.8 Å². The Labute approximate surface area is 101 Å². The molecule has 3 aromatic rings. The zero-order chi connectivity index (χ0) is 12.0. The van der Waals surface area contributed by atoms with Crippen LogP contribution >= 0.6 is 0 Å². The minimum atomic E-state index is 1.06. The molecule has 0 bridgehead atoms. The summed E-state index contributed by atoms with van der Waals surface area (Å²) in [5.74, 6) is 0. The summed E-state index contributed by atoms with van der Waals surface area (Å²) >= 11 is 0. The van der Waals surface area contributed by atoms with Crippen molar-refractivity contribution in [2.24, 2.45) is 7.05 Å². The zero-order valence-electron chi connectivity index (χ0n) is 10.6. The van der Waals surface area contributed by atoms with Crippen LogP contribution < -0.4 is 4.40 Å². The van der Waals surface area contributed by atoms with Crippen LogP contribution in [-0.2, 0) is 13.5 Å². The van der Waals surface area contributed by atoms with E-state index in [1.54, 1.807) is 0 Å². The van der Waals surface area contributed by atoms with Gasteiger partial charge in [0.25, 0.3) is 5.65 Å². The maximum absolute atomic E-state index is 2.29. The molecule has 2 aromatic heterocycles. The number of hydrogen-bond acceptors (Lipinski definition) is 0. The molecule has 2 nitrogen and oxygen atoms in total. The van der Waals surface area contributed by atoms with Crippen LogP contribution in [-0.4, -0.2) is 4.57 Å². The highest BCUT2D eigenvalue weighted by atomic mass is 15.1. The highest BCUT2D eigenvalue weighted by molar-refractivity contribution is 5.80. The molecule has 0 aliphatic heterocycles. The molecule has 0 unspecified atom stereocenters. The predicted octanol–water partition coefficient (Wildman–Crippen LogP) is 2.79. The maximum Gasteiger partial charge on any atom is 0.286 e. The minimum absolute atomic E-state index is 1.06. The first-order chi connectivity index (χ1) is 8.22. The van der Waals surface area contributed by atoms with Gasteiger partial charge in [0.05, 0.1) is 7.05 Å². The van der Waals surface area contributed by atoms with E-state index in [4.69, 9.17) is 0 Å². The summed E-state index contributed by atoms with van der Waals surface area (Å²) in [4.78, 5) is 0. The first-order valence-electron chi connectivity index (χ1n) is 6.10.